The van der Waals surface area contributed by atoms with E-state index in [4.69, 9.17) is 1.41 Å². The Morgan fingerprint density at radius 2 is 1.71 bits per heavy atom. The second kappa shape index (κ2) is 5.96. The van der Waals surface area contributed by atoms with Crippen LogP contribution in [0.3, 0.4) is 0 Å². The fourth-order valence-corrected chi connectivity index (χ4v) is 0.428. The van der Waals surface area contributed by atoms with E-state index in [2.05, 4.69) is 13.8 Å². The summed E-state index contributed by atoms with van der Waals surface area (Å²) in [6.07, 6.45) is 2.17. The van der Waals surface area contributed by atoms with Crippen molar-refractivity contribution in [3.63, 3.8) is 0 Å². The molecule has 0 saturated heterocycles. The first-order valence-corrected chi connectivity index (χ1v) is 3.05. The van der Waals surface area contributed by atoms with Crippen LogP contribution in [0.1, 0.15) is 26.7 Å². The van der Waals surface area contributed by atoms with Gasteiger partial charge in [-0.2, -0.15) is 0 Å². The molecule has 0 fully saturated rings. The van der Waals surface area contributed by atoms with E-state index in [1.54, 1.807) is 5.31 Å². The molecule has 0 unspecified atom stereocenters. The summed E-state index contributed by atoms with van der Waals surface area (Å²) in [5.41, 5.74) is 0. The highest BCUT2D eigenvalue weighted by atomic mass is 14.8. The van der Waals surface area contributed by atoms with Gasteiger partial charge in [-0.05, 0) is 25.9 Å². The van der Waals surface area contributed by atoms with Gasteiger partial charge in [0.25, 0.3) is 0 Å². The van der Waals surface area contributed by atoms with Crippen molar-refractivity contribution in [1.29, 1.82) is 0 Å². The highest BCUT2D eigenvalue weighted by molar-refractivity contribution is 4.39. The highest BCUT2D eigenvalue weighted by Gasteiger charge is 1.76. The molecule has 0 aliphatic rings. The lowest BCUT2D eigenvalue weighted by Gasteiger charge is -1.95. The average molecular weight is 102 g/mol. The van der Waals surface area contributed by atoms with Crippen LogP contribution in [-0.2, 0) is 0 Å². The Morgan fingerprint density at radius 1 is 1.29 bits per heavy atom. The van der Waals surface area contributed by atoms with Crippen molar-refractivity contribution in [2.24, 2.45) is 0 Å². The molecule has 1 N–H and O–H groups in total. The van der Waals surface area contributed by atoms with Crippen LogP contribution in [0.15, 0.2) is 0 Å². The summed E-state index contributed by atoms with van der Waals surface area (Å²) < 4.78 is 7.21. The maximum absolute atomic E-state index is 7.21. The predicted molar refractivity (Wildman–Crippen MR) is 33.5 cm³/mol. The lowest BCUT2D eigenvalue weighted by Crippen LogP contribution is -2.14. The Hall–Kier alpha value is -0.0400. The van der Waals surface area contributed by atoms with Gasteiger partial charge in [0.05, 0.1) is 0 Å². The fourth-order valence-electron chi connectivity index (χ4n) is 0.428. The first kappa shape index (κ1) is 5.10. The monoisotopic (exact) mass is 102 g/mol. The van der Waals surface area contributed by atoms with E-state index in [1.165, 1.54) is 0 Å². The summed E-state index contributed by atoms with van der Waals surface area (Å²) in [4.78, 5) is 0. The number of rotatable bonds is 4. The summed E-state index contributed by atoms with van der Waals surface area (Å²) in [5.74, 6) is 0. The van der Waals surface area contributed by atoms with Gasteiger partial charge in [0.2, 0.25) is 0 Å². The second-order valence-electron chi connectivity index (χ2n) is 1.67. The molecule has 0 aromatic heterocycles. The Bertz CT molecular complexity index is 41.8. The third-order valence-corrected chi connectivity index (χ3v) is 0.763. The molecule has 0 aromatic carbocycles. The van der Waals surface area contributed by atoms with Crippen molar-refractivity contribution in [3.8, 4) is 0 Å². The molecule has 0 spiro atoms. The van der Waals surface area contributed by atoms with Crippen LogP contribution in [0.4, 0.5) is 0 Å². The van der Waals surface area contributed by atoms with Crippen molar-refractivity contribution < 1.29 is 1.41 Å². The van der Waals surface area contributed by atoms with Gasteiger partial charge in [0.15, 0.2) is 0 Å². The zero-order valence-corrected chi connectivity index (χ0v) is 5.28. The van der Waals surface area contributed by atoms with Crippen LogP contribution < -0.4 is 5.31 Å². The average Bonchev–Trinajstić information content (AvgIpc) is 1.68. The van der Waals surface area contributed by atoms with Crippen molar-refractivity contribution in [2.75, 3.05) is 13.1 Å². The van der Waals surface area contributed by atoms with E-state index in [-0.39, 0.29) is 0 Å². The van der Waals surface area contributed by atoms with Crippen molar-refractivity contribution in [2.45, 2.75) is 26.7 Å². The largest absolute Gasteiger partial charge is 0.317 e. The molecule has 0 aromatic rings. The van der Waals surface area contributed by atoms with Crippen LogP contribution in [-0.4, -0.2) is 13.1 Å². The van der Waals surface area contributed by atoms with Crippen LogP contribution >= 0.6 is 0 Å². The lowest BCUT2D eigenvalue weighted by atomic mass is 10.4. The molecule has 0 aliphatic heterocycles. The lowest BCUT2D eigenvalue weighted by molar-refractivity contribution is 0.662. The topological polar surface area (TPSA) is 12.0 Å². The van der Waals surface area contributed by atoms with Gasteiger partial charge >= 0.3 is 0 Å². The van der Waals surface area contributed by atoms with Gasteiger partial charge in [0.1, 0.15) is 1.41 Å². The Labute approximate surface area is 47.6 Å². The first-order chi connectivity index (χ1) is 3.81. The Balaban J connectivity index is 2.92. The SMILES string of the molecule is [2H]N(CCC)CCC. The van der Waals surface area contributed by atoms with Crippen molar-refractivity contribution >= 4 is 0 Å². The summed E-state index contributed by atoms with van der Waals surface area (Å²) >= 11 is 0. The minimum Gasteiger partial charge on any atom is -0.317 e. The Kier molecular flexibility index (Phi) is 4.35. The van der Waals surface area contributed by atoms with Crippen molar-refractivity contribution in [1.82, 2.24) is 5.31 Å². The van der Waals surface area contributed by atoms with E-state index < -0.39 is 0 Å². The molecule has 0 atom stereocenters. The maximum atomic E-state index is 7.21. The smallest absolute Gasteiger partial charge is 0.122 e. The molecule has 0 radical (unpaired) electrons. The minimum atomic E-state index is 0.911. The van der Waals surface area contributed by atoms with E-state index in [0.29, 0.717) is 0 Å². The maximum Gasteiger partial charge on any atom is 0.122 e. The van der Waals surface area contributed by atoms with Crippen LogP contribution in [0.25, 0.3) is 0 Å². The number of hydrogen-bond donors (Lipinski definition) is 1. The van der Waals surface area contributed by atoms with Crippen LogP contribution in [0.5, 0.6) is 0 Å². The normalized spacial score (nSPS) is 12.1. The van der Waals surface area contributed by atoms with Crippen LogP contribution in [0, 0.1) is 0 Å². The molecule has 1 heteroatoms. The fraction of sp³-hybridized carbons (Fsp3) is 1.00. The number of nitrogens with one attached hydrogen (secondary N) is 1. The van der Waals surface area contributed by atoms with Gasteiger partial charge in [-0.3, -0.25) is 0 Å². The summed E-state index contributed by atoms with van der Waals surface area (Å²) in [6, 6.07) is 0. The van der Waals surface area contributed by atoms with Crippen LogP contribution in [0.2, 0.25) is 1.41 Å². The summed E-state index contributed by atoms with van der Waals surface area (Å²) in [5, 5.41) is 1.61. The molecule has 0 bridgehead atoms. The molecule has 0 heterocycles. The van der Waals surface area contributed by atoms with Gasteiger partial charge in [-0.25, -0.2) is 0 Å². The van der Waals surface area contributed by atoms with E-state index in [9.17, 15) is 0 Å². The molecule has 0 rings (SSSR count). The quantitative estimate of drug-likeness (QED) is 0.565. The van der Waals surface area contributed by atoms with Gasteiger partial charge < -0.3 is 5.31 Å². The molecule has 0 amide bonds. The zero-order chi connectivity index (χ0) is 6.41. The standard InChI is InChI=1S/C6H15N/c1-3-5-7-6-4-2/h7H,3-6H2,1-2H3/i/hD. The zero-order valence-electron chi connectivity index (χ0n) is 6.28. The molecule has 44 valence electrons. The number of hydrogen-bond acceptors (Lipinski definition) is 1. The van der Waals surface area contributed by atoms with E-state index >= 15 is 0 Å². The first-order valence-electron chi connectivity index (χ1n) is 3.49. The molecular weight excluding hydrogens is 86.1 g/mol. The summed E-state index contributed by atoms with van der Waals surface area (Å²) in [7, 11) is 0. The van der Waals surface area contributed by atoms with Crippen molar-refractivity contribution in [3.05, 3.63) is 0 Å². The molecule has 7 heavy (non-hydrogen) atoms. The minimum absolute atomic E-state index is 0.911. The predicted octanol–water partition coefficient (Wildman–Crippen LogP) is 1.40. The third kappa shape index (κ3) is 5.96. The van der Waals surface area contributed by atoms with E-state index in [1.807, 2.05) is 0 Å². The van der Waals surface area contributed by atoms with Gasteiger partial charge in [-0.1, -0.05) is 13.8 Å². The van der Waals surface area contributed by atoms with Gasteiger partial charge in [-0.15, -0.1) is 0 Å². The van der Waals surface area contributed by atoms with Gasteiger partial charge in [0, 0.05) is 0 Å². The molecule has 0 saturated carbocycles. The molecule has 0 aliphatic carbocycles. The molecule has 1 nitrogen and oxygen atoms in total. The molecular formula is C6H15N. The second-order valence-corrected chi connectivity index (χ2v) is 1.67. The summed E-state index contributed by atoms with van der Waals surface area (Å²) in [6.45, 7) is 6.01. The highest BCUT2D eigenvalue weighted by Crippen LogP contribution is 1.71. The van der Waals surface area contributed by atoms with E-state index in [0.717, 1.165) is 25.9 Å². The Morgan fingerprint density at radius 3 is 2.00 bits per heavy atom. The third-order valence-electron chi connectivity index (χ3n) is 0.763.